The number of hydrogen-bond donors (Lipinski definition) is 1. The molecule has 0 spiro atoms. The van der Waals surface area contributed by atoms with Crippen molar-refractivity contribution in [3.8, 4) is 5.75 Å². The largest absolute Gasteiger partial charge is 0.497 e. The molecule has 1 aromatic rings. The average Bonchev–Trinajstić information content (AvgIpc) is 2.38. The SMILES string of the molecule is COc1ccc(C(=O)O)c(N2CCC(C)CC2C)c1. The highest BCUT2D eigenvalue weighted by atomic mass is 16.5. The van der Waals surface area contributed by atoms with Crippen molar-refractivity contribution >= 4 is 11.7 Å². The van der Waals surface area contributed by atoms with E-state index in [1.807, 2.05) is 6.07 Å². The summed E-state index contributed by atoms with van der Waals surface area (Å²) in [5.74, 6) is 0.513. The van der Waals surface area contributed by atoms with Crippen molar-refractivity contribution in [1.29, 1.82) is 0 Å². The van der Waals surface area contributed by atoms with Gasteiger partial charge in [-0.2, -0.15) is 0 Å². The zero-order valence-corrected chi connectivity index (χ0v) is 11.7. The van der Waals surface area contributed by atoms with Crippen LogP contribution in [0.3, 0.4) is 0 Å². The van der Waals surface area contributed by atoms with Crippen molar-refractivity contribution in [2.75, 3.05) is 18.6 Å². The first-order chi connectivity index (χ1) is 9.02. The summed E-state index contributed by atoms with van der Waals surface area (Å²) in [6, 6.07) is 5.51. The Balaban J connectivity index is 2.38. The number of methoxy groups -OCH3 is 1. The maximum absolute atomic E-state index is 11.4. The Morgan fingerprint density at radius 1 is 1.42 bits per heavy atom. The monoisotopic (exact) mass is 263 g/mol. The zero-order chi connectivity index (χ0) is 14.0. The molecular formula is C15H21NO3. The molecule has 19 heavy (non-hydrogen) atoms. The van der Waals surface area contributed by atoms with E-state index in [2.05, 4.69) is 18.7 Å². The van der Waals surface area contributed by atoms with Gasteiger partial charge in [0.2, 0.25) is 0 Å². The Bertz CT molecular complexity index is 472. The van der Waals surface area contributed by atoms with Crippen LogP contribution in [0, 0.1) is 5.92 Å². The van der Waals surface area contributed by atoms with E-state index in [1.165, 1.54) is 0 Å². The van der Waals surface area contributed by atoms with Crippen molar-refractivity contribution in [2.24, 2.45) is 5.92 Å². The summed E-state index contributed by atoms with van der Waals surface area (Å²) in [6.45, 7) is 5.30. The number of rotatable bonds is 3. The number of nitrogens with zero attached hydrogens (tertiary/aromatic N) is 1. The lowest BCUT2D eigenvalue weighted by molar-refractivity contribution is 0.0697. The minimum Gasteiger partial charge on any atom is -0.497 e. The normalized spacial score (nSPS) is 23.2. The van der Waals surface area contributed by atoms with Crippen LogP contribution in [0.5, 0.6) is 5.75 Å². The standard InChI is InChI=1S/C15H21NO3/c1-10-6-7-16(11(2)8-10)14-9-12(19-3)4-5-13(14)15(17)18/h4-5,9-11H,6-8H2,1-3H3,(H,17,18). The molecule has 2 rings (SSSR count). The number of piperidine rings is 1. The van der Waals surface area contributed by atoms with Crippen molar-refractivity contribution in [3.05, 3.63) is 23.8 Å². The molecular weight excluding hydrogens is 242 g/mol. The third-order valence-electron chi connectivity index (χ3n) is 3.88. The van der Waals surface area contributed by atoms with Gasteiger partial charge in [0.15, 0.2) is 0 Å². The highest BCUT2D eigenvalue weighted by molar-refractivity contribution is 5.95. The van der Waals surface area contributed by atoms with Crippen LogP contribution in [0.2, 0.25) is 0 Å². The van der Waals surface area contributed by atoms with Crippen LogP contribution in [0.4, 0.5) is 5.69 Å². The lowest BCUT2D eigenvalue weighted by Crippen LogP contribution is -2.41. The molecule has 2 unspecified atom stereocenters. The van der Waals surface area contributed by atoms with Gasteiger partial charge < -0.3 is 14.7 Å². The van der Waals surface area contributed by atoms with E-state index < -0.39 is 5.97 Å². The Morgan fingerprint density at radius 2 is 2.16 bits per heavy atom. The second kappa shape index (κ2) is 5.51. The molecule has 1 aliphatic heterocycles. The van der Waals surface area contributed by atoms with E-state index in [-0.39, 0.29) is 0 Å². The van der Waals surface area contributed by atoms with E-state index in [1.54, 1.807) is 19.2 Å². The minimum atomic E-state index is -0.886. The van der Waals surface area contributed by atoms with Gasteiger partial charge in [-0.25, -0.2) is 4.79 Å². The maximum Gasteiger partial charge on any atom is 0.337 e. The molecule has 4 heteroatoms. The fourth-order valence-corrected chi connectivity index (χ4v) is 2.82. The maximum atomic E-state index is 11.4. The molecule has 0 aliphatic carbocycles. The van der Waals surface area contributed by atoms with E-state index in [9.17, 15) is 9.90 Å². The van der Waals surface area contributed by atoms with Gasteiger partial charge in [-0.05, 0) is 37.8 Å². The molecule has 0 saturated carbocycles. The molecule has 1 aromatic carbocycles. The van der Waals surface area contributed by atoms with Crippen molar-refractivity contribution < 1.29 is 14.6 Å². The summed E-state index contributed by atoms with van der Waals surface area (Å²) in [4.78, 5) is 13.6. The molecule has 0 bridgehead atoms. The second-order valence-electron chi connectivity index (χ2n) is 5.36. The fourth-order valence-electron chi connectivity index (χ4n) is 2.82. The Hall–Kier alpha value is -1.71. The van der Waals surface area contributed by atoms with Gasteiger partial charge in [-0.3, -0.25) is 0 Å². The number of anilines is 1. The Morgan fingerprint density at radius 3 is 2.74 bits per heavy atom. The van der Waals surface area contributed by atoms with Crippen molar-refractivity contribution in [1.82, 2.24) is 0 Å². The Kier molecular flexibility index (Phi) is 3.98. The van der Waals surface area contributed by atoms with E-state index in [0.717, 1.165) is 25.1 Å². The number of carboxylic acid groups (broad SMARTS) is 1. The summed E-state index contributed by atoms with van der Waals surface area (Å²) in [5.41, 5.74) is 1.12. The molecule has 2 atom stereocenters. The summed E-state index contributed by atoms with van der Waals surface area (Å²) >= 11 is 0. The van der Waals surface area contributed by atoms with Crippen LogP contribution in [-0.2, 0) is 0 Å². The first kappa shape index (κ1) is 13.7. The molecule has 1 fully saturated rings. The second-order valence-corrected chi connectivity index (χ2v) is 5.36. The van der Waals surface area contributed by atoms with E-state index >= 15 is 0 Å². The summed E-state index contributed by atoms with van der Waals surface area (Å²) in [7, 11) is 1.60. The fraction of sp³-hybridized carbons (Fsp3) is 0.533. The highest BCUT2D eigenvalue weighted by Gasteiger charge is 2.26. The van der Waals surface area contributed by atoms with Crippen molar-refractivity contribution in [3.63, 3.8) is 0 Å². The predicted molar refractivity (Wildman–Crippen MR) is 75.2 cm³/mol. The smallest absolute Gasteiger partial charge is 0.337 e. The third-order valence-corrected chi connectivity index (χ3v) is 3.88. The number of hydrogen-bond acceptors (Lipinski definition) is 3. The van der Waals surface area contributed by atoms with Gasteiger partial charge >= 0.3 is 5.97 Å². The highest BCUT2D eigenvalue weighted by Crippen LogP contribution is 2.32. The average molecular weight is 263 g/mol. The molecule has 1 heterocycles. The van der Waals surface area contributed by atoms with Gasteiger partial charge in [-0.15, -0.1) is 0 Å². The first-order valence-electron chi connectivity index (χ1n) is 6.71. The van der Waals surface area contributed by atoms with Crippen LogP contribution in [-0.4, -0.2) is 30.8 Å². The van der Waals surface area contributed by atoms with Crippen LogP contribution < -0.4 is 9.64 Å². The Labute approximate surface area is 114 Å². The quantitative estimate of drug-likeness (QED) is 0.910. The van der Waals surface area contributed by atoms with E-state index in [0.29, 0.717) is 23.3 Å². The summed E-state index contributed by atoms with van der Waals surface area (Å²) in [5, 5.41) is 9.33. The first-order valence-corrected chi connectivity index (χ1v) is 6.71. The van der Waals surface area contributed by atoms with Gasteiger partial charge in [0.05, 0.1) is 18.4 Å². The van der Waals surface area contributed by atoms with Gasteiger partial charge in [0, 0.05) is 18.7 Å². The third kappa shape index (κ3) is 2.83. The van der Waals surface area contributed by atoms with Gasteiger partial charge in [0.25, 0.3) is 0 Å². The predicted octanol–water partition coefficient (Wildman–Crippen LogP) is 3.02. The lowest BCUT2D eigenvalue weighted by atomic mass is 9.92. The van der Waals surface area contributed by atoms with Crippen LogP contribution in [0.1, 0.15) is 37.0 Å². The van der Waals surface area contributed by atoms with Crippen LogP contribution >= 0.6 is 0 Å². The topological polar surface area (TPSA) is 49.8 Å². The minimum absolute atomic E-state index is 0.349. The molecule has 1 aliphatic rings. The molecule has 1 saturated heterocycles. The molecule has 0 aromatic heterocycles. The van der Waals surface area contributed by atoms with Crippen LogP contribution in [0.25, 0.3) is 0 Å². The van der Waals surface area contributed by atoms with Gasteiger partial charge in [-0.1, -0.05) is 6.92 Å². The molecule has 1 N–H and O–H groups in total. The summed E-state index contributed by atoms with van der Waals surface area (Å²) in [6.07, 6.45) is 2.19. The molecule has 0 radical (unpaired) electrons. The number of carboxylic acids is 1. The molecule has 104 valence electrons. The summed E-state index contributed by atoms with van der Waals surface area (Å²) < 4.78 is 5.22. The number of carbonyl (C=O) groups is 1. The van der Waals surface area contributed by atoms with Crippen molar-refractivity contribution in [2.45, 2.75) is 32.7 Å². The zero-order valence-electron chi connectivity index (χ0n) is 11.7. The van der Waals surface area contributed by atoms with Gasteiger partial charge in [0.1, 0.15) is 5.75 Å². The van der Waals surface area contributed by atoms with E-state index in [4.69, 9.17) is 4.74 Å². The number of aromatic carboxylic acids is 1. The van der Waals surface area contributed by atoms with Crippen LogP contribution in [0.15, 0.2) is 18.2 Å². The lowest BCUT2D eigenvalue weighted by Gasteiger charge is -2.39. The molecule has 4 nitrogen and oxygen atoms in total. The molecule has 0 amide bonds. The number of ether oxygens (including phenoxy) is 1. The number of benzene rings is 1.